The van der Waals surface area contributed by atoms with Gasteiger partial charge in [-0.3, -0.25) is 9.69 Å². The van der Waals surface area contributed by atoms with Crippen LogP contribution in [0.25, 0.3) is 10.9 Å². The molecule has 1 aromatic carbocycles. The molecule has 2 saturated heterocycles. The van der Waals surface area contributed by atoms with Crippen LogP contribution in [0.4, 0.5) is 5.82 Å². The normalized spacial score (nSPS) is 20.4. The quantitative estimate of drug-likeness (QED) is 0.672. The predicted molar refractivity (Wildman–Crippen MR) is 125 cm³/mol. The van der Waals surface area contributed by atoms with Gasteiger partial charge in [-0.25, -0.2) is 4.98 Å². The third-order valence-electron chi connectivity index (χ3n) is 6.48. The molecule has 0 aliphatic carbocycles. The van der Waals surface area contributed by atoms with Crippen molar-refractivity contribution in [1.82, 2.24) is 19.8 Å². The van der Waals surface area contributed by atoms with Gasteiger partial charge in [-0.2, -0.15) is 0 Å². The predicted octanol–water partition coefficient (Wildman–Crippen LogP) is 3.89. The van der Waals surface area contributed by atoms with Crippen LogP contribution in [0.2, 0.25) is 5.02 Å². The average Bonchev–Trinajstić information content (AvgIpc) is 3.23. The molecule has 2 aliphatic heterocycles. The smallest absolute Gasteiger partial charge is 0.270 e. The average molecular weight is 438 g/mol. The molecule has 1 unspecified atom stereocenters. The SMILES string of the molecule is O=C(c1cc2cc(Cl)ccc2[nH]1)N1CCCC(CN2CCN(c3ccccn3)CC2)C1. The molecule has 6 nitrogen and oxygen atoms in total. The number of nitrogens with zero attached hydrogens (tertiary/aromatic N) is 4. The molecule has 31 heavy (non-hydrogen) atoms. The summed E-state index contributed by atoms with van der Waals surface area (Å²) in [6.07, 6.45) is 4.11. The number of H-pyrrole nitrogens is 1. The molecule has 162 valence electrons. The maximum Gasteiger partial charge on any atom is 0.270 e. The van der Waals surface area contributed by atoms with Crippen LogP contribution >= 0.6 is 11.6 Å². The van der Waals surface area contributed by atoms with E-state index in [0.717, 1.165) is 69.0 Å². The molecule has 2 fully saturated rings. The fraction of sp³-hybridized carbons (Fsp3) is 0.417. The number of nitrogens with one attached hydrogen (secondary N) is 1. The van der Waals surface area contributed by atoms with Gasteiger partial charge in [0.15, 0.2) is 0 Å². The second kappa shape index (κ2) is 8.89. The van der Waals surface area contributed by atoms with Gasteiger partial charge in [0.2, 0.25) is 0 Å². The number of likely N-dealkylation sites (tertiary alicyclic amines) is 1. The van der Waals surface area contributed by atoms with Crippen LogP contribution in [-0.4, -0.2) is 71.5 Å². The van der Waals surface area contributed by atoms with E-state index in [9.17, 15) is 4.79 Å². The highest BCUT2D eigenvalue weighted by molar-refractivity contribution is 6.31. The molecule has 1 N–H and O–H groups in total. The Morgan fingerprint density at radius 1 is 1.10 bits per heavy atom. The zero-order chi connectivity index (χ0) is 21.2. The van der Waals surface area contributed by atoms with Crippen LogP contribution in [-0.2, 0) is 0 Å². The molecule has 0 radical (unpaired) electrons. The van der Waals surface area contributed by atoms with E-state index in [0.29, 0.717) is 16.6 Å². The van der Waals surface area contributed by atoms with Gasteiger partial charge >= 0.3 is 0 Å². The van der Waals surface area contributed by atoms with E-state index < -0.39 is 0 Å². The molecule has 0 spiro atoms. The number of aromatic nitrogens is 2. The first-order chi connectivity index (χ1) is 15.2. The second-order valence-corrected chi connectivity index (χ2v) is 9.09. The first-order valence-electron chi connectivity index (χ1n) is 11.1. The topological polar surface area (TPSA) is 55.5 Å². The van der Waals surface area contributed by atoms with Gasteiger partial charge in [-0.05, 0) is 55.2 Å². The number of amides is 1. The summed E-state index contributed by atoms with van der Waals surface area (Å²) in [5, 5.41) is 1.67. The summed E-state index contributed by atoms with van der Waals surface area (Å²) in [4.78, 5) is 27.8. The first kappa shape index (κ1) is 20.3. The number of piperidine rings is 1. The Morgan fingerprint density at radius 3 is 2.77 bits per heavy atom. The minimum absolute atomic E-state index is 0.0944. The van der Waals surface area contributed by atoms with Crippen molar-refractivity contribution in [2.45, 2.75) is 12.8 Å². The Labute approximate surface area is 187 Å². The molecular weight excluding hydrogens is 410 g/mol. The molecule has 2 aromatic heterocycles. The first-order valence-corrected chi connectivity index (χ1v) is 11.5. The Morgan fingerprint density at radius 2 is 1.97 bits per heavy atom. The van der Waals surface area contributed by atoms with Crippen LogP contribution < -0.4 is 4.90 Å². The lowest BCUT2D eigenvalue weighted by Gasteiger charge is -2.39. The molecule has 3 aromatic rings. The number of halogens is 1. The Hall–Kier alpha value is -2.57. The van der Waals surface area contributed by atoms with Crippen molar-refractivity contribution in [3.63, 3.8) is 0 Å². The van der Waals surface area contributed by atoms with E-state index in [4.69, 9.17) is 11.6 Å². The minimum Gasteiger partial charge on any atom is -0.354 e. The monoisotopic (exact) mass is 437 g/mol. The summed E-state index contributed by atoms with van der Waals surface area (Å²) in [5.41, 5.74) is 1.61. The largest absolute Gasteiger partial charge is 0.354 e. The van der Waals surface area contributed by atoms with E-state index in [1.54, 1.807) is 0 Å². The summed E-state index contributed by atoms with van der Waals surface area (Å²) in [7, 11) is 0. The van der Waals surface area contributed by atoms with Gasteiger partial charge in [0.05, 0.1) is 0 Å². The van der Waals surface area contributed by atoms with Crippen LogP contribution in [0.3, 0.4) is 0 Å². The standard InChI is InChI=1S/C24H28ClN5O/c25-20-6-7-21-19(14-20)15-22(27-21)24(31)30-9-3-4-18(17-30)16-28-10-12-29(13-11-28)23-5-1-2-8-26-23/h1-2,5-8,14-15,18,27H,3-4,9-13,16-17H2. The highest BCUT2D eigenvalue weighted by atomic mass is 35.5. The molecule has 0 bridgehead atoms. The third kappa shape index (κ3) is 4.55. The maximum absolute atomic E-state index is 13.1. The summed E-state index contributed by atoms with van der Waals surface area (Å²) in [6, 6.07) is 13.7. The number of rotatable bonds is 4. The summed E-state index contributed by atoms with van der Waals surface area (Å²) in [6.45, 7) is 6.82. The van der Waals surface area contributed by atoms with E-state index >= 15 is 0 Å². The van der Waals surface area contributed by atoms with Crippen LogP contribution in [0.1, 0.15) is 23.3 Å². The maximum atomic E-state index is 13.1. The number of piperazine rings is 1. The zero-order valence-electron chi connectivity index (χ0n) is 17.6. The number of carbonyl (C=O) groups excluding carboxylic acids is 1. The minimum atomic E-state index is 0.0944. The van der Waals surface area contributed by atoms with Crippen LogP contribution in [0, 0.1) is 5.92 Å². The number of aromatic amines is 1. The summed E-state index contributed by atoms with van der Waals surface area (Å²) in [5.74, 6) is 1.69. The van der Waals surface area contributed by atoms with Gasteiger partial charge in [0, 0.05) is 67.9 Å². The molecule has 1 atom stereocenters. The van der Waals surface area contributed by atoms with Crippen LogP contribution in [0.5, 0.6) is 0 Å². The van der Waals surface area contributed by atoms with Crippen molar-refractivity contribution in [2.75, 3.05) is 50.7 Å². The number of anilines is 1. The highest BCUT2D eigenvalue weighted by Gasteiger charge is 2.28. The second-order valence-electron chi connectivity index (χ2n) is 8.65. The molecular formula is C24H28ClN5O. The van der Waals surface area contributed by atoms with E-state index in [-0.39, 0.29) is 5.91 Å². The van der Waals surface area contributed by atoms with Gasteiger partial charge in [-0.15, -0.1) is 0 Å². The Bertz CT molecular complexity index is 1040. The van der Waals surface area contributed by atoms with Crippen LogP contribution in [0.15, 0.2) is 48.7 Å². The van der Waals surface area contributed by atoms with Crippen molar-refractivity contribution < 1.29 is 4.79 Å². The van der Waals surface area contributed by atoms with Gasteiger partial charge in [0.25, 0.3) is 5.91 Å². The summed E-state index contributed by atoms with van der Waals surface area (Å²) < 4.78 is 0. The molecule has 7 heteroatoms. The lowest BCUT2D eigenvalue weighted by molar-refractivity contribution is 0.0632. The zero-order valence-corrected chi connectivity index (χ0v) is 18.4. The molecule has 4 heterocycles. The lowest BCUT2D eigenvalue weighted by atomic mass is 9.96. The molecule has 1 amide bonds. The van der Waals surface area contributed by atoms with E-state index in [1.807, 2.05) is 47.5 Å². The molecule has 5 rings (SSSR count). The number of hydrogen-bond donors (Lipinski definition) is 1. The van der Waals surface area contributed by atoms with Gasteiger partial charge in [-0.1, -0.05) is 17.7 Å². The van der Waals surface area contributed by atoms with Crippen molar-refractivity contribution in [2.24, 2.45) is 5.92 Å². The molecule has 0 saturated carbocycles. The number of pyridine rings is 1. The van der Waals surface area contributed by atoms with Gasteiger partial charge < -0.3 is 14.8 Å². The van der Waals surface area contributed by atoms with Crippen molar-refractivity contribution in [3.8, 4) is 0 Å². The van der Waals surface area contributed by atoms with Crippen molar-refractivity contribution in [3.05, 3.63) is 59.4 Å². The number of hydrogen-bond acceptors (Lipinski definition) is 4. The number of fused-ring (bicyclic) bond motifs is 1. The number of benzene rings is 1. The Balaban J connectivity index is 1.17. The van der Waals surface area contributed by atoms with E-state index in [1.165, 1.54) is 6.42 Å². The Kier molecular flexibility index (Phi) is 5.83. The van der Waals surface area contributed by atoms with Gasteiger partial charge in [0.1, 0.15) is 11.5 Å². The lowest BCUT2D eigenvalue weighted by Crippen LogP contribution is -2.50. The fourth-order valence-corrected chi connectivity index (χ4v) is 5.03. The van der Waals surface area contributed by atoms with Crippen molar-refractivity contribution >= 4 is 34.2 Å². The summed E-state index contributed by atoms with van der Waals surface area (Å²) >= 11 is 6.09. The molecule has 2 aliphatic rings. The van der Waals surface area contributed by atoms with E-state index in [2.05, 4.69) is 25.8 Å². The van der Waals surface area contributed by atoms with Crippen molar-refractivity contribution in [1.29, 1.82) is 0 Å². The highest BCUT2D eigenvalue weighted by Crippen LogP contribution is 2.24. The fourth-order valence-electron chi connectivity index (χ4n) is 4.85. The number of carbonyl (C=O) groups is 1. The third-order valence-corrected chi connectivity index (χ3v) is 6.72.